The van der Waals surface area contributed by atoms with E-state index in [-0.39, 0.29) is 11.9 Å². The summed E-state index contributed by atoms with van der Waals surface area (Å²) in [6, 6.07) is 2.02. The van der Waals surface area contributed by atoms with Crippen molar-refractivity contribution < 1.29 is 9.21 Å². The van der Waals surface area contributed by atoms with Gasteiger partial charge in [0.2, 0.25) is 0 Å². The van der Waals surface area contributed by atoms with Gasteiger partial charge in [-0.3, -0.25) is 4.79 Å². The molecule has 0 saturated carbocycles. The number of rotatable bonds is 3. The van der Waals surface area contributed by atoms with Gasteiger partial charge in [0.15, 0.2) is 5.58 Å². The topological polar surface area (TPSA) is 76.2 Å². The third kappa shape index (κ3) is 2.51. The molecule has 0 spiro atoms. The van der Waals surface area contributed by atoms with Crippen molar-refractivity contribution in [2.45, 2.75) is 18.9 Å². The Morgan fingerprint density at radius 2 is 2.20 bits per heavy atom. The Kier molecular flexibility index (Phi) is 3.34. The van der Waals surface area contributed by atoms with E-state index in [9.17, 15) is 4.79 Å². The van der Waals surface area contributed by atoms with E-state index in [0.717, 1.165) is 30.7 Å². The molecule has 3 fully saturated rings. The van der Waals surface area contributed by atoms with Crippen molar-refractivity contribution in [2.24, 2.45) is 5.92 Å². The lowest BCUT2D eigenvalue weighted by Crippen LogP contribution is -2.57. The van der Waals surface area contributed by atoms with Crippen LogP contribution in [0.3, 0.4) is 0 Å². The molecule has 25 heavy (non-hydrogen) atoms. The first kappa shape index (κ1) is 14.7. The minimum atomic E-state index is -0.113. The Hall–Kier alpha value is -2.67. The molecule has 6 heterocycles. The number of fused-ring (bicyclic) bond motifs is 4. The molecule has 1 unspecified atom stereocenters. The molecule has 3 aromatic heterocycles. The first-order valence-electron chi connectivity index (χ1n) is 8.67. The van der Waals surface area contributed by atoms with Gasteiger partial charge in [-0.1, -0.05) is 0 Å². The zero-order chi connectivity index (χ0) is 16.8. The fraction of sp³-hybridized carbons (Fsp3) is 0.389. The largest absolute Gasteiger partial charge is 0.460 e. The Labute approximate surface area is 144 Å². The maximum atomic E-state index is 12.7. The first-order valence-corrected chi connectivity index (χ1v) is 8.67. The molecule has 3 saturated heterocycles. The molecule has 3 aliphatic rings. The number of hydrogen-bond donors (Lipinski definition) is 1. The fourth-order valence-corrected chi connectivity index (χ4v) is 4.02. The average molecular weight is 337 g/mol. The molecule has 0 aromatic carbocycles. The van der Waals surface area contributed by atoms with Crippen molar-refractivity contribution >= 4 is 16.9 Å². The SMILES string of the molecule is O=C(NC1CN2CCC1CC2)c1cc2c(-n3ccnc3)coc2cn1. The van der Waals surface area contributed by atoms with Gasteiger partial charge < -0.3 is 19.2 Å². The quantitative estimate of drug-likeness (QED) is 0.789. The van der Waals surface area contributed by atoms with Crippen LogP contribution < -0.4 is 5.32 Å². The van der Waals surface area contributed by atoms with Gasteiger partial charge in [-0.2, -0.15) is 0 Å². The molecule has 0 aliphatic carbocycles. The van der Waals surface area contributed by atoms with Crippen LogP contribution in [-0.2, 0) is 0 Å². The van der Waals surface area contributed by atoms with Crippen molar-refractivity contribution in [1.29, 1.82) is 0 Å². The highest BCUT2D eigenvalue weighted by Crippen LogP contribution is 2.28. The maximum absolute atomic E-state index is 12.7. The van der Waals surface area contributed by atoms with E-state index in [1.807, 2.05) is 10.8 Å². The number of piperidine rings is 3. The monoisotopic (exact) mass is 337 g/mol. The molecule has 1 atom stereocenters. The van der Waals surface area contributed by atoms with Crippen molar-refractivity contribution in [3.8, 4) is 5.69 Å². The average Bonchev–Trinajstić information content (AvgIpc) is 3.31. The van der Waals surface area contributed by atoms with Gasteiger partial charge in [0.25, 0.3) is 5.91 Å². The summed E-state index contributed by atoms with van der Waals surface area (Å²) >= 11 is 0. The summed E-state index contributed by atoms with van der Waals surface area (Å²) < 4.78 is 7.41. The predicted octanol–water partition coefficient (Wildman–Crippen LogP) is 1.84. The number of imidazole rings is 1. The number of hydrogen-bond acceptors (Lipinski definition) is 5. The number of amides is 1. The van der Waals surface area contributed by atoms with Crippen molar-refractivity contribution in [2.75, 3.05) is 19.6 Å². The van der Waals surface area contributed by atoms with Gasteiger partial charge in [0, 0.05) is 30.4 Å². The maximum Gasteiger partial charge on any atom is 0.270 e. The summed E-state index contributed by atoms with van der Waals surface area (Å²) in [6.07, 6.45) is 10.9. The number of nitrogens with one attached hydrogen (secondary N) is 1. The lowest BCUT2D eigenvalue weighted by molar-refractivity contribution is 0.0618. The number of aromatic nitrogens is 3. The Morgan fingerprint density at radius 1 is 1.32 bits per heavy atom. The van der Waals surface area contributed by atoms with Crippen molar-refractivity contribution in [1.82, 2.24) is 24.8 Å². The van der Waals surface area contributed by atoms with Crippen LogP contribution in [0.4, 0.5) is 0 Å². The van der Waals surface area contributed by atoms with E-state index in [1.54, 1.807) is 31.1 Å². The molecule has 2 bridgehead atoms. The minimum Gasteiger partial charge on any atom is -0.460 e. The second-order valence-electron chi connectivity index (χ2n) is 6.87. The Balaban J connectivity index is 1.42. The van der Waals surface area contributed by atoms with Crippen molar-refractivity contribution in [3.63, 3.8) is 0 Å². The van der Waals surface area contributed by atoms with E-state index in [4.69, 9.17) is 4.42 Å². The second kappa shape index (κ2) is 5.70. The summed E-state index contributed by atoms with van der Waals surface area (Å²) in [5.41, 5.74) is 1.93. The highest BCUT2D eigenvalue weighted by molar-refractivity contribution is 5.97. The highest BCUT2D eigenvalue weighted by atomic mass is 16.3. The van der Waals surface area contributed by atoms with Crippen LogP contribution in [0.5, 0.6) is 0 Å². The fourth-order valence-electron chi connectivity index (χ4n) is 4.02. The van der Waals surface area contributed by atoms with Crippen LogP contribution in [0, 0.1) is 5.92 Å². The second-order valence-corrected chi connectivity index (χ2v) is 6.87. The Bertz CT molecular complexity index is 909. The zero-order valence-corrected chi connectivity index (χ0v) is 13.8. The van der Waals surface area contributed by atoms with Gasteiger partial charge in [0.05, 0.1) is 18.2 Å². The van der Waals surface area contributed by atoms with Crippen molar-refractivity contribution in [3.05, 3.63) is 42.9 Å². The number of pyridine rings is 1. The summed E-state index contributed by atoms with van der Waals surface area (Å²) in [5.74, 6) is 0.478. The van der Waals surface area contributed by atoms with Crippen LogP contribution in [0.1, 0.15) is 23.3 Å². The molecule has 1 amide bonds. The summed E-state index contributed by atoms with van der Waals surface area (Å²) in [5, 5.41) is 4.04. The van der Waals surface area contributed by atoms with Crippen LogP contribution in [0.15, 0.2) is 41.7 Å². The predicted molar refractivity (Wildman–Crippen MR) is 91.5 cm³/mol. The molecule has 0 radical (unpaired) electrons. The van der Waals surface area contributed by atoms with Gasteiger partial charge >= 0.3 is 0 Å². The molecule has 7 nitrogen and oxygen atoms in total. The van der Waals surface area contributed by atoms with Gasteiger partial charge in [0.1, 0.15) is 12.0 Å². The molecule has 1 N–H and O–H groups in total. The van der Waals surface area contributed by atoms with Crippen LogP contribution in [0.25, 0.3) is 16.7 Å². The molecule has 3 aliphatic heterocycles. The molecule has 3 aromatic rings. The van der Waals surface area contributed by atoms with Gasteiger partial charge in [-0.25, -0.2) is 9.97 Å². The zero-order valence-electron chi connectivity index (χ0n) is 13.8. The lowest BCUT2D eigenvalue weighted by atomic mass is 9.84. The molecular weight excluding hydrogens is 318 g/mol. The smallest absolute Gasteiger partial charge is 0.270 e. The van der Waals surface area contributed by atoms with E-state index in [2.05, 4.69) is 20.2 Å². The third-order valence-corrected chi connectivity index (χ3v) is 5.43. The minimum absolute atomic E-state index is 0.113. The summed E-state index contributed by atoms with van der Waals surface area (Å²) in [4.78, 5) is 23.5. The lowest BCUT2D eigenvalue weighted by Gasteiger charge is -2.44. The molecule has 7 heteroatoms. The highest BCUT2D eigenvalue weighted by Gasteiger charge is 2.35. The summed E-state index contributed by atoms with van der Waals surface area (Å²) in [6.45, 7) is 3.26. The first-order chi connectivity index (χ1) is 12.3. The third-order valence-electron chi connectivity index (χ3n) is 5.43. The number of carbonyl (C=O) groups excluding carboxylic acids is 1. The number of carbonyl (C=O) groups is 1. The molecule has 6 rings (SSSR count). The van der Waals surface area contributed by atoms with E-state index in [1.165, 1.54) is 12.8 Å². The van der Waals surface area contributed by atoms with E-state index < -0.39 is 0 Å². The van der Waals surface area contributed by atoms with Crippen LogP contribution >= 0.6 is 0 Å². The molecule has 128 valence electrons. The molecular formula is C18H19N5O2. The van der Waals surface area contributed by atoms with Gasteiger partial charge in [-0.15, -0.1) is 0 Å². The van der Waals surface area contributed by atoms with Crippen LogP contribution in [-0.4, -0.2) is 51.0 Å². The van der Waals surface area contributed by atoms with Gasteiger partial charge in [-0.05, 0) is 37.9 Å². The Morgan fingerprint density at radius 3 is 2.92 bits per heavy atom. The van der Waals surface area contributed by atoms with E-state index >= 15 is 0 Å². The normalized spacial score (nSPS) is 25.4. The number of nitrogens with zero attached hydrogens (tertiary/aromatic N) is 4. The summed E-state index contributed by atoms with van der Waals surface area (Å²) in [7, 11) is 0. The van der Waals surface area contributed by atoms with Crippen LogP contribution in [0.2, 0.25) is 0 Å². The van der Waals surface area contributed by atoms with E-state index in [0.29, 0.717) is 17.2 Å². The number of furan rings is 1. The standard InChI is InChI=1S/C18H19N5O2/c24-18(21-15-9-22-4-1-12(15)2-5-22)14-7-13-16(23-6-3-19-11-23)10-25-17(13)8-20-14/h3,6-8,10-12,15H,1-2,4-5,9H2,(H,21,24).